The fourth-order valence-electron chi connectivity index (χ4n) is 3.24. The second-order valence-corrected chi connectivity index (χ2v) is 6.61. The van der Waals surface area contributed by atoms with Crippen LogP contribution in [-0.2, 0) is 14.3 Å². The van der Waals surface area contributed by atoms with Gasteiger partial charge in [-0.15, -0.1) is 0 Å². The number of nitrogens with two attached hydrogens (primary N) is 1. The number of allylic oxidation sites excluding steroid dienone is 1. The molecule has 1 heterocycles. The summed E-state index contributed by atoms with van der Waals surface area (Å²) < 4.78 is 10.9. The van der Waals surface area contributed by atoms with E-state index in [1.807, 2.05) is 25.1 Å². The third-order valence-corrected chi connectivity index (χ3v) is 4.65. The van der Waals surface area contributed by atoms with E-state index in [0.717, 1.165) is 5.56 Å². The monoisotopic (exact) mass is 405 g/mol. The normalized spacial score (nSPS) is 16.0. The van der Waals surface area contributed by atoms with Gasteiger partial charge in [-0.3, -0.25) is 10.1 Å². The van der Waals surface area contributed by atoms with Crippen molar-refractivity contribution in [1.82, 2.24) is 0 Å². The summed E-state index contributed by atoms with van der Waals surface area (Å²) in [6.45, 7) is 3.68. The number of hydrogen-bond acceptors (Lipinski definition) is 7. The average Bonchev–Trinajstić information content (AvgIpc) is 2.73. The van der Waals surface area contributed by atoms with Crippen molar-refractivity contribution in [3.8, 4) is 6.07 Å². The highest BCUT2D eigenvalue weighted by atomic mass is 16.6. The van der Waals surface area contributed by atoms with Crippen molar-refractivity contribution in [3.05, 3.63) is 92.4 Å². The SMILES string of the molecule is CCOC(=O)C1=C(c2cccc([N+](=O)[O-])c2)OC(N)=C(C#N)C1c1ccc(C)cc1. The molecule has 2 N–H and O–H groups in total. The number of nitrogens with zero attached hydrogens (tertiary/aromatic N) is 2. The topological polar surface area (TPSA) is 128 Å². The fourth-order valence-corrected chi connectivity index (χ4v) is 3.24. The van der Waals surface area contributed by atoms with E-state index in [-0.39, 0.29) is 40.6 Å². The summed E-state index contributed by atoms with van der Waals surface area (Å²) in [5, 5.41) is 20.9. The van der Waals surface area contributed by atoms with Crippen LogP contribution >= 0.6 is 0 Å². The predicted molar refractivity (Wildman–Crippen MR) is 108 cm³/mol. The number of carbonyl (C=O) groups is 1. The van der Waals surface area contributed by atoms with E-state index < -0.39 is 16.8 Å². The Hall–Kier alpha value is -4.12. The van der Waals surface area contributed by atoms with Gasteiger partial charge in [-0.1, -0.05) is 42.0 Å². The van der Waals surface area contributed by atoms with E-state index in [4.69, 9.17) is 15.2 Å². The zero-order valence-electron chi connectivity index (χ0n) is 16.4. The Morgan fingerprint density at radius 1 is 1.30 bits per heavy atom. The number of aryl methyl sites for hydroxylation is 1. The van der Waals surface area contributed by atoms with Crippen molar-refractivity contribution in [3.63, 3.8) is 0 Å². The van der Waals surface area contributed by atoms with Crippen molar-refractivity contribution in [2.24, 2.45) is 5.73 Å². The lowest BCUT2D eigenvalue weighted by molar-refractivity contribution is -0.384. The summed E-state index contributed by atoms with van der Waals surface area (Å²) in [5.74, 6) is -1.67. The molecule has 0 aliphatic carbocycles. The number of nitriles is 1. The minimum Gasteiger partial charge on any atom is -0.463 e. The van der Waals surface area contributed by atoms with Crippen LogP contribution in [0.15, 0.2) is 65.6 Å². The predicted octanol–water partition coefficient (Wildman–Crippen LogP) is 3.69. The second kappa shape index (κ2) is 8.49. The molecule has 0 amide bonds. The van der Waals surface area contributed by atoms with Gasteiger partial charge in [0.05, 0.1) is 23.0 Å². The maximum absolute atomic E-state index is 13.0. The molecule has 1 atom stereocenters. The van der Waals surface area contributed by atoms with E-state index in [0.29, 0.717) is 5.56 Å². The number of carbonyl (C=O) groups excluding carboxylic acids is 1. The lowest BCUT2D eigenvalue weighted by atomic mass is 9.82. The van der Waals surface area contributed by atoms with Gasteiger partial charge in [0, 0.05) is 17.7 Å². The molecule has 30 heavy (non-hydrogen) atoms. The van der Waals surface area contributed by atoms with Crippen LogP contribution in [0.3, 0.4) is 0 Å². The highest BCUT2D eigenvalue weighted by Crippen LogP contribution is 2.43. The number of non-ortho nitro benzene ring substituents is 1. The molecule has 0 saturated carbocycles. The summed E-state index contributed by atoms with van der Waals surface area (Å²) in [7, 11) is 0. The minimum atomic E-state index is -0.835. The molecule has 1 aliphatic rings. The quantitative estimate of drug-likeness (QED) is 0.456. The molecule has 1 aliphatic heterocycles. The van der Waals surface area contributed by atoms with Gasteiger partial charge in [-0.05, 0) is 19.4 Å². The molecule has 3 rings (SSSR count). The summed E-state index contributed by atoms with van der Waals surface area (Å²) >= 11 is 0. The van der Waals surface area contributed by atoms with Gasteiger partial charge in [0.25, 0.3) is 5.69 Å². The molecule has 0 radical (unpaired) electrons. The van der Waals surface area contributed by atoms with E-state index in [9.17, 15) is 20.2 Å². The number of nitro groups is 1. The van der Waals surface area contributed by atoms with Crippen molar-refractivity contribution in [1.29, 1.82) is 5.26 Å². The first kappa shape index (κ1) is 20.6. The lowest BCUT2D eigenvalue weighted by Crippen LogP contribution is -2.25. The van der Waals surface area contributed by atoms with Crippen LogP contribution in [0.25, 0.3) is 5.76 Å². The molecule has 2 aromatic rings. The van der Waals surface area contributed by atoms with Crippen LogP contribution in [0, 0.1) is 28.4 Å². The maximum atomic E-state index is 13.0. The smallest absolute Gasteiger partial charge is 0.338 e. The van der Waals surface area contributed by atoms with E-state index in [1.54, 1.807) is 25.1 Å². The van der Waals surface area contributed by atoms with Crippen molar-refractivity contribution >= 4 is 17.4 Å². The first-order valence-electron chi connectivity index (χ1n) is 9.17. The van der Waals surface area contributed by atoms with E-state index in [1.165, 1.54) is 18.2 Å². The van der Waals surface area contributed by atoms with Gasteiger partial charge in [-0.25, -0.2) is 4.79 Å². The van der Waals surface area contributed by atoms with Crippen LogP contribution in [0.5, 0.6) is 0 Å². The van der Waals surface area contributed by atoms with Crippen LogP contribution in [0.2, 0.25) is 0 Å². The van der Waals surface area contributed by atoms with Gasteiger partial charge in [0.2, 0.25) is 5.88 Å². The van der Waals surface area contributed by atoms with E-state index >= 15 is 0 Å². The molecule has 1 unspecified atom stereocenters. The minimum absolute atomic E-state index is 0.0271. The Labute approximate surface area is 173 Å². The zero-order chi connectivity index (χ0) is 21.8. The molecule has 152 valence electrons. The maximum Gasteiger partial charge on any atom is 0.338 e. The third kappa shape index (κ3) is 3.86. The lowest BCUT2D eigenvalue weighted by Gasteiger charge is -2.28. The summed E-state index contributed by atoms with van der Waals surface area (Å²) in [4.78, 5) is 23.6. The first-order valence-corrected chi connectivity index (χ1v) is 9.17. The molecule has 8 heteroatoms. The molecular weight excluding hydrogens is 386 g/mol. The molecule has 0 bridgehead atoms. The molecule has 0 saturated heterocycles. The fraction of sp³-hybridized carbons (Fsp3) is 0.182. The van der Waals surface area contributed by atoms with Gasteiger partial charge < -0.3 is 15.2 Å². The van der Waals surface area contributed by atoms with Crippen LogP contribution < -0.4 is 5.73 Å². The Kier molecular flexibility index (Phi) is 5.83. The number of benzene rings is 2. The van der Waals surface area contributed by atoms with Gasteiger partial charge >= 0.3 is 5.97 Å². The average molecular weight is 405 g/mol. The second-order valence-electron chi connectivity index (χ2n) is 6.61. The molecule has 2 aromatic carbocycles. The number of esters is 1. The summed E-state index contributed by atoms with van der Waals surface area (Å²) in [6, 6.07) is 15.0. The van der Waals surface area contributed by atoms with Gasteiger partial charge in [0.1, 0.15) is 17.4 Å². The third-order valence-electron chi connectivity index (χ3n) is 4.65. The highest BCUT2D eigenvalue weighted by molar-refractivity contribution is 6.00. The Morgan fingerprint density at radius 2 is 2.00 bits per heavy atom. The Bertz CT molecular complexity index is 1110. The summed E-state index contributed by atoms with van der Waals surface area (Å²) in [6.07, 6.45) is 0. The van der Waals surface area contributed by atoms with Gasteiger partial charge in [-0.2, -0.15) is 5.26 Å². The summed E-state index contributed by atoms with van der Waals surface area (Å²) in [5.41, 5.74) is 7.91. The molecule has 0 fully saturated rings. The molecule has 8 nitrogen and oxygen atoms in total. The van der Waals surface area contributed by atoms with Crippen molar-refractivity contribution in [2.75, 3.05) is 6.61 Å². The highest BCUT2D eigenvalue weighted by Gasteiger charge is 2.38. The van der Waals surface area contributed by atoms with Crippen LogP contribution in [0.4, 0.5) is 5.69 Å². The number of hydrogen-bond donors (Lipinski definition) is 1. The molecular formula is C22H19N3O5. The molecule has 0 aromatic heterocycles. The standard InChI is InChI=1S/C22H19N3O5/c1-3-29-22(26)19-18(14-9-7-13(2)8-10-14)17(12-23)21(24)30-20(19)15-5-4-6-16(11-15)25(27)28/h4-11,18H,3,24H2,1-2H3. The Balaban J connectivity index is 2.29. The van der Waals surface area contributed by atoms with Gasteiger partial charge in [0.15, 0.2) is 0 Å². The van der Waals surface area contributed by atoms with Crippen LogP contribution in [-0.4, -0.2) is 17.5 Å². The number of nitro benzene ring substituents is 1. The first-order chi connectivity index (χ1) is 14.4. The van der Waals surface area contributed by atoms with E-state index in [2.05, 4.69) is 0 Å². The number of ether oxygens (including phenoxy) is 2. The zero-order valence-corrected chi connectivity index (χ0v) is 16.4. The van der Waals surface area contributed by atoms with Crippen molar-refractivity contribution in [2.45, 2.75) is 19.8 Å². The van der Waals surface area contributed by atoms with Crippen molar-refractivity contribution < 1.29 is 19.2 Å². The number of rotatable bonds is 5. The largest absolute Gasteiger partial charge is 0.463 e. The van der Waals surface area contributed by atoms with Crippen LogP contribution in [0.1, 0.15) is 29.5 Å². The Morgan fingerprint density at radius 3 is 2.60 bits per heavy atom. The molecule has 0 spiro atoms.